The van der Waals surface area contributed by atoms with Gasteiger partial charge in [0.2, 0.25) is 0 Å². The van der Waals surface area contributed by atoms with Crippen molar-refractivity contribution in [3.8, 4) is 5.75 Å². The standard InChI is InChI=1S/C18H16N4O2/c1-11(12-6-7-16-15(8-12)22-18(23)10-24-16)20-17-9-19-13-4-2-3-5-14(13)21-17/h2-9,11H,10H2,1H3,(H,20,21)(H,22,23). The molecule has 2 aromatic carbocycles. The summed E-state index contributed by atoms with van der Waals surface area (Å²) in [6.45, 7) is 2.09. The van der Waals surface area contributed by atoms with Crippen molar-refractivity contribution in [3.63, 3.8) is 0 Å². The van der Waals surface area contributed by atoms with E-state index in [1.165, 1.54) is 0 Å². The van der Waals surface area contributed by atoms with E-state index in [4.69, 9.17) is 4.74 Å². The molecule has 2 heterocycles. The van der Waals surface area contributed by atoms with Crippen LogP contribution in [0.25, 0.3) is 11.0 Å². The molecule has 0 saturated heterocycles. The molecule has 3 aromatic rings. The fraction of sp³-hybridized carbons (Fsp3) is 0.167. The zero-order valence-corrected chi connectivity index (χ0v) is 13.1. The molecule has 0 bridgehead atoms. The molecule has 6 heteroatoms. The lowest BCUT2D eigenvalue weighted by molar-refractivity contribution is -0.118. The number of amides is 1. The van der Waals surface area contributed by atoms with Crippen LogP contribution in [0.1, 0.15) is 18.5 Å². The monoisotopic (exact) mass is 320 g/mol. The number of para-hydroxylation sites is 2. The second-order valence-corrected chi connectivity index (χ2v) is 5.70. The molecule has 0 fully saturated rings. The normalized spacial score (nSPS) is 14.5. The maximum Gasteiger partial charge on any atom is 0.262 e. The second kappa shape index (κ2) is 5.81. The lowest BCUT2D eigenvalue weighted by Crippen LogP contribution is -2.25. The van der Waals surface area contributed by atoms with Gasteiger partial charge in [0, 0.05) is 0 Å². The Labute approximate surface area is 138 Å². The minimum Gasteiger partial charge on any atom is -0.482 e. The average Bonchev–Trinajstić information content (AvgIpc) is 2.61. The van der Waals surface area contributed by atoms with Crippen molar-refractivity contribution in [2.45, 2.75) is 13.0 Å². The van der Waals surface area contributed by atoms with Crippen molar-refractivity contribution in [2.75, 3.05) is 17.2 Å². The minimum atomic E-state index is -0.138. The van der Waals surface area contributed by atoms with Crippen LogP contribution in [0.4, 0.5) is 11.5 Å². The van der Waals surface area contributed by atoms with Gasteiger partial charge in [-0.1, -0.05) is 18.2 Å². The first kappa shape index (κ1) is 14.4. The SMILES string of the molecule is CC(Nc1cnc2ccccc2n1)c1ccc2c(c1)NC(=O)CO2. The number of hydrogen-bond acceptors (Lipinski definition) is 5. The number of nitrogens with zero attached hydrogens (tertiary/aromatic N) is 2. The Morgan fingerprint density at radius 2 is 2.04 bits per heavy atom. The number of hydrogen-bond donors (Lipinski definition) is 2. The third-order valence-corrected chi connectivity index (χ3v) is 3.95. The molecule has 2 N–H and O–H groups in total. The van der Waals surface area contributed by atoms with Gasteiger partial charge in [-0.15, -0.1) is 0 Å². The van der Waals surface area contributed by atoms with Crippen LogP contribution in [0.15, 0.2) is 48.7 Å². The molecular formula is C18H16N4O2. The molecule has 4 rings (SSSR count). The Morgan fingerprint density at radius 3 is 2.92 bits per heavy atom. The van der Waals surface area contributed by atoms with Gasteiger partial charge in [0.1, 0.15) is 11.6 Å². The molecular weight excluding hydrogens is 304 g/mol. The molecule has 6 nitrogen and oxygen atoms in total. The number of carbonyl (C=O) groups is 1. The summed E-state index contributed by atoms with van der Waals surface area (Å²) < 4.78 is 5.38. The molecule has 1 atom stereocenters. The van der Waals surface area contributed by atoms with E-state index >= 15 is 0 Å². The summed E-state index contributed by atoms with van der Waals surface area (Å²) in [5.41, 5.74) is 3.43. The largest absolute Gasteiger partial charge is 0.482 e. The molecule has 0 radical (unpaired) electrons. The van der Waals surface area contributed by atoms with E-state index in [9.17, 15) is 4.79 Å². The van der Waals surface area contributed by atoms with Crippen molar-refractivity contribution in [3.05, 3.63) is 54.2 Å². The number of rotatable bonds is 3. The van der Waals surface area contributed by atoms with Crippen LogP contribution < -0.4 is 15.4 Å². The number of nitrogens with one attached hydrogen (secondary N) is 2. The van der Waals surface area contributed by atoms with Crippen LogP contribution in [0.3, 0.4) is 0 Å². The summed E-state index contributed by atoms with van der Waals surface area (Å²) in [4.78, 5) is 20.4. The van der Waals surface area contributed by atoms with Crippen LogP contribution in [-0.4, -0.2) is 22.5 Å². The Kier molecular flexibility index (Phi) is 3.49. The third kappa shape index (κ3) is 2.74. The van der Waals surface area contributed by atoms with E-state index in [2.05, 4.69) is 20.6 Å². The highest BCUT2D eigenvalue weighted by atomic mass is 16.5. The molecule has 1 unspecified atom stereocenters. The molecule has 1 aliphatic heterocycles. The molecule has 24 heavy (non-hydrogen) atoms. The molecule has 1 aromatic heterocycles. The highest BCUT2D eigenvalue weighted by Gasteiger charge is 2.17. The van der Waals surface area contributed by atoms with E-state index in [1.54, 1.807) is 6.20 Å². The number of aromatic nitrogens is 2. The van der Waals surface area contributed by atoms with Crippen molar-refractivity contribution >= 4 is 28.4 Å². The van der Waals surface area contributed by atoms with Gasteiger partial charge in [-0.25, -0.2) is 4.98 Å². The first-order valence-electron chi connectivity index (χ1n) is 7.74. The van der Waals surface area contributed by atoms with Crippen LogP contribution in [0.2, 0.25) is 0 Å². The molecule has 1 aliphatic rings. The van der Waals surface area contributed by atoms with Crippen molar-refractivity contribution < 1.29 is 9.53 Å². The minimum absolute atomic E-state index is 0.00425. The summed E-state index contributed by atoms with van der Waals surface area (Å²) in [5.74, 6) is 1.26. The van der Waals surface area contributed by atoms with Crippen LogP contribution >= 0.6 is 0 Å². The topological polar surface area (TPSA) is 76.1 Å². The third-order valence-electron chi connectivity index (χ3n) is 3.95. The van der Waals surface area contributed by atoms with E-state index in [0.717, 1.165) is 16.6 Å². The first-order valence-corrected chi connectivity index (χ1v) is 7.74. The number of fused-ring (bicyclic) bond motifs is 2. The van der Waals surface area contributed by atoms with Gasteiger partial charge in [-0.2, -0.15) is 0 Å². The molecule has 0 aliphatic carbocycles. The summed E-state index contributed by atoms with van der Waals surface area (Å²) >= 11 is 0. The van der Waals surface area contributed by atoms with Crippen LogP contribution in [0.5, 0.6) is 5.75 Å². The number of carbonyl (C=O) groups excluding carboxylic acids is 1. The summed E-state index contributed by atoms with van der Waals surface area (Å²) in [7, 11) is 0. The van der Waals surface area contributed by atoms with Gasteiger partial charge in [0.15, 0.2) is 6.61 Å². The summed E-state index contributed by atoms with van der Waals surface area (Å²) in [6, 6.07) is 13.5. The average molecular weight is 320 g/mol. The van der Waals surface area contributed by atoms with E-state index in [1.807, 2.05) is 49.4 Å². The zero-order valence-electron chi connectivity index (χ0n) is 13.1. The number of benzene rings is 2. The lowest BCUT2D eigenvalue weighted by Gasteiger charge is -2.21. The smallest absolute Gasteiger partial charge is 0.262 e. The van der Waals surface area contributed by atoms with Crippen molar-refractivity contribution in [2.24, 2.45) is 0 Å². The highest BCUT2D eigenvalue weighted by Crippen LogP contribution is 2.31. The van der Waals surface area contributed by atoms with Crippen LogP contribution in [-0.2, 0) is 4.79 Å². The summed E-state index contributed by atoms with van der Waals surface area (Å²) in [6.07, 6.45) is 1.72. The Bertz CT molecular complexity index is 926. The summed E-state index contributed by atoms with van der Waals surface area (Å²) in [5, 5.41) is 6.16. The van der Waals surface area contributed by atoms with Gasteiger partial charge >= 0.3 is 0 Å². The highest BCUT2D eigenvalue weighted by molar-refractivity contribution is 5.95. The van der Waals surface area contributed by atoms with Gasteiger partial charge in [-0.3, -0.25) is 9.78 Å². The fourth-order valence-electron chi connectivity index (χ4n) is 2.70. The maximum absolute atomic E-state index is 11.5. The van der Waals surface area contributed by atoms with Crippen LogP contribution in [0, 0.1) is 0 Å². The zero-order chi connectivity index (χ0) is 16.5. The van der Waals surface area contributed by atoms with E-state index < -0.39 is 0 Å². The van der Waals surface area contributed by atoms with Gasteiger partial charge < -0.3 is 15.4 Å². The fourth-order valence-corrected chi connectivity index (χ4v) is 2.70. The predicted octanol–water partition coefficient (Wildman–Crippen LogP) is 3.13. The van der Waals surface area contributed by atoms with E-state index in [0.29, 0.717) is 17.3 Å². The Balaban J connectivity index is 1.58. The van der Waals surface area contributed by atoms with E-state index in [-0.39, 0.29) is 18.6 Å². The number of ether oxygens (including phenoxy) is 1. The predicted molar refractivity (Wildman–Crippen MR) is 92.1 cm³/mol. The second-order valence-electron chi connectivity index (χ2n) is 5.70. The molecule has 120 valence electrons. The van der Waals surface area contributed by atoms with Crippen molar-refractivity contribution in [1.29, 1.82) is 0 Å². The Morgan fingerprint density at radius 1 is 1.21 bits per heavy atom. The van der Waals surface area contributed by atoms with Gasteiger partial charge in [-0.05, 0) is 36.8 Å². The quantitative estimate of drug-likeness (QED) is 0.775. The van der Waals surface area contributed by atoms with Gasteiger partial charge in [0.25, 0.3) is 5.91 Å². The van der Waals surface area contributed by atoms with Gasteiger partial charge in [0.05, 0.1) is 29.0 Å². The van der Waals surface area contributed by atoms with Crippen molar-refractivity contribution in [1.82, 2.24) is 9.97 Å². The number of anilines is 2. The maximum atomic E-state index is 11.5. The molecule has 0 spiro atoms. The first-order chi connectivity index (χ1) is 11.7. The molecule has 0 saturated carbocycles. The lowest BCUT2D eigenvalue weighted by atomic mass is 10.1. The Hall–Kier alpha value is -3.15. The molecule has 1 amide bonds.